The second kappa shape index (κ2) is 9.36. The maximum absolute atomic E-state index is 15.0. The van der Waals surface area contributed by atoms with Crippen molar-refractivity contribution in [2.45, 2.75) is 23.5 Å². The van der Waals surface area contributed by atoms with Crippen molar-refractivity contribution in [1.82, 2.24) is 4.72 Å². The number of hydrogen-bond donors (Lipinski definition) is 2. The van der Waals surface area contributed by atoms with E-state index in [1.165, 1.54) is 24.3 Å². The standard InChI is InChI=1S/C24H21FN4O5S2/c25-19-14-16(26-24(32)27-36(33,34)22-4-3-11-35-22)5-8-20(19)29-21(30)13-15-12-17(28-9-1-2-10-28)6-7-18(15)23(29)31/h3-8,11-12,14H,1-2,9-10,13H2,(H2,26,27,32). The Morgan fingerprint density at radius 3 is 2.50 bits per heavy atom. The minimum absolute atomic E-state index is 0.0471. The van der Waals surface area contributed by atoms with Crippen LogP contribution in [0.4, 0.5) is 26.2 Å². The molecule has 186 valence electrons. The van der Waals surface area contributed by atoms with E-state index in [0.717, 1.165) is 53.9 Å². The van der Waals surface area contributed by atoms with Gasteiger partial charge in [0.15, 0.2) is 0 Å². The number of hydrogen-bond acceptors (Lipinski definition) is 7. The van der Waals surface area contributed by atoms with Gasteiger partial charge in [0.2, 0.25) is 5.91 Å². The molecule has 3 aromatic rings. The largest absolute Gasteiger partial charge is 0.372 e. The molecule has 0 atom stereocenters. The lowest BCUT2D eigenvalue weighted by molar-refractivity contribution is -0.117. The van der Waals surface area contributed by atoms with Gasteiger partial charge in [-0.3, -0.25) is 9.59 Å². The summed E-state index contributed by atoms with van der Waals surface area (Å²) >= 11 is 0.939. The molecule has 2 aromatic carbocycles. The lowest BCUT2D eigenvalue weighted by Gasteiger charge is -2.28. The Kier molecular flexibility index (Phi) is 6.22. The third kappa shape index (κ3) is 4.56. The molecule has 0 radical (unpaired) electrons. The topological polar surface area (TPSA) is 116 Å². The predicted octanol–water partition coefficient (Wildman–Crippen LogP) is 3.73. The molecule has 0 aliphatic carbocycles. The third-order valence-corrected chi connectivity index (χ3v) is 8.75. The van der Waals surface area contributed by atoms with Crippen LogP contribution in [-0.2, 0) is 21.2 Å². The number of carbonyl (C=O) groups is 3. The summed E-state index contributed by atoms with van der Waals surface area (Å²) in [6.07, 6.45) is 2.14. The van der Waals surface area contributed by atoms with Crippen LogP contribution in [0.3, 0.4) is 0 Å². The second-order valence-electron chi connectivity index (χ2n) is 8.40. The van der Waals surface area contributed by atoms with Gasteiger partial charge in [-0.25, -0.2) is 27.2 Å². The van der Waals surface area contributed by atoms with Gasteiger partial charge in [0.1, 0.15) is 10.0 Å². The summed E-state index contributed by atoms with van der Waals surface area (Å²) in [6.45, 7) is 1.85. The number of benzene rings is 2. The first-order chi connectivity index (χ1) is 17.2. The number of nitrogens with one attached hydrogen (secondary N) is 2. The molecule has 1 saturated heterocycles. The van der Waals surface area contributed by atoms with Crippen LogP contribution in [0.1, 0.15) is 28.8 Å². The van der Waals surface area contributed by atoms with Crippen LogP contribution in [0.15, 0.2) is 58.1 Å². The number of imide groups is 1. The van der Waals surface area contributed by atoms with E-state index in [2.05, 4.69) is 10.2 Å². The number of thiophene rings is 1. The highest BCUT2D eigenvalue weighted by Gasteiger charge is 2.34. The Balaban J connectivity index is 1.33. The molecule has 9 nitrogen and oxygen atoms in total. The Bertz CT molecular complexity index is 1470. The van der Waals surface area contributed by atoms with Crippen molar-refractivity contribution < 1.29 is 27.2 Å². The zero-order chi connectivity index (χ0) is 25.4. The number of rotatable bonds is 5. The number of sulfonamides is 1. The van der Waals surface area contributed by atoms with Crippen LogP contribution < -0.4 is 19.8 Å². The highest BCUT2D eigenvalue weighted by molar-refractivity contribution is 7.92. The summed E-state index contributed by atoms with van der Waals surface area (Å²) in [6, 6.07) is 10.5. The van der Waals surface area contributed by atoms with Crippen molar-refractivity contribution >= 4 is 56.3 Å². The number of anilines is 3. The Morgan fingerprint density at radius 2 is 1.81 bits per heavy atom. The van der Waals surface area contributed by atoms with Crippen LogP contribution in [0.5, 0.6) is 0 Å². The summed E-state index contributed by atoms with van der Waals surface area (Å²) < 4.78 is 41.1. The van der Waals surface area contributed by atoms with Crippen molar-refractivity contribution in [1.29, 1.82) is 0 Å². The van der Waals surface area contributed by atoms with E-state index in [9.17, 15) is 27.2 Å². The molecule has 4 amide bonds. The fourth-order valence-electron chi connectivity index (χ4n) is 4.34. The number of fused-ring (bicyclic) bond motifs is 1. The Hall–Kier alpha value is -3.77. The molecule has 0 unspecified atom stereocenters. The quantitative estimate of drug-likeness (QED) is 0.488. The fraction of sp³-hybridized carbons (Fsp3) is 0.208. The zero-order valence-electron chi connectivity index (χ0n) is 18.9. The lowest BCUT2D eigenvalue weighted by atomic mass is 9.96. The molecular formula is C24H21FN4O5S2. The number of amides is 4. The smallest absolute Gasteiger partial charge is 0.333 e. The molecule has 1 fully saturated rings. The zero-order valence-corrected chi connectivity index (χ0v) is 20.5. The summed E-state index contributed by atoms with van der Waals surface area (Å²) in [5.41, 5.74) is 1.59. The number of urea groups is 1. The van der Waals surface area contributed by atoms with Crippen molar-refractivity contribution in [3.8, 4) is 0 Å². The molecule has 3 heterocycles. The van der Waals surface area contributed by atoms with E-state index in [1.54, 1.807) is 11.4 Å². The maximum atomic E-state index is 15.0. The highest BCUT2D eigenvalue weighted by Crippen LogP contribution is 2.32. The molecule has 0 bridgehead atoms. The molecule has 2 N–H and O–H groups in total. The van der Waals surface area contributed by atoms with Gasteiger partial charge in [-0.1, -0.05) is 6.07 Å². The molecule has 0 spiro atoms. The predicted molar refractivity (Wildman–Crippen MR) is 133 cm³/mol. The van der Waals surface area contributed by atoms with Crippen LogP contribution >= 0.6 is 11.3 Å². The van der Waals surface area contributed by atoms with Gasteiger partial charge in [0.25, 0.3) is 15.9 Å². The number of nitrogens with zero attached hydrogens (tertiary/aromatic N) is 2. The molecule has 5 rings (SSSR count). The second-order valence-corrected chi connectivity index (χ2v) is 11.3. The first kappa shape index (κ1) is 23.9. The average molecular weight is 529 g/mol. The Labute approximate surface area is 210 Å². The normalized spacial score (nSPS) is 15.7. The van der Waals surface area contributed by atoms with Gasteiger partial charge in [0, 0.05) is 30.0 Å². The van der Waals surface area contributed by atoms with Crippen molar-refractivity contribution in [2.24, 2.45) is 0 Å². The summed E-state index contributed by atoms with van der Waals surface area (Å²) in [5, 5.41) is 3.79. The van der Waals surface area contributed by atoms with E-state index in [4.69, 9.17) is 0 Å². The van der Waals surface area contributed by atoms with Crippen LogP contribution in [0, 0.1) is 5.82 Å². The Morgan fingerprint density at radius 1 is 1.03 bits per heavy atom. The van der Waals surface area contributed by atoms with Gasteiger partial charge < -0.3 is 10.2 Å². The maximum Gasteiger partial charge on any atom is 0.333 e. The highest BCUT2D eigenvalue weighted by atomic mass is 32.2. The van der Waals surface area contributed by atoms with E-state index in [0.29, 0.717) is 11.1 Å². The minimum atomic E-state index is -4.06. The number of halogens is 1. The monoisotopic (exact) mass is 528 g/mol. The van der Waals surface area contributed by atoms with Crippen molar-refractivity contribution in [2.75, 3.05) is 28.2 Å². The van der Waals surface area contributed by atoms with E-state index in [-0.39, 0.29) is 22.0 Å². The molecule has 0 saturated carbocycles. The summed E-state index contributed by atoms with van der Waals surface area (Å²) in [7, 11) is -4.06. The number of carbonyl (C=O) groups excluding carboxylic acids is 3. The van der Waals surface area contributed by atoms with Crippen LogP contribution in [0.25, 0.3) is 0 Å². The van der Waals surface area contributed by atoms with E-state index < -0.39 is 33.7 Å². The molecule has 2 aliphatic heterocycles. The average Bonchev–Trinajstić information content (AvgIpc) is 3.55. The first-order valence-corrected chi connectivity index (χ1v) is 13.5. The van der Waals surface area contributed by atoms with Gasteiger partial charge in [-0.2, -0.15) is 0 Å². The van der Waals surface area contributed by atoms with Gasteiger partial charge in [0.05, 0.1) is 12.1 Å². The molecule has 36 heavy (non-hydrogen) atoms. The van der Waals surface area contributed by atoms with Gasteiger partial charge in [-0.15, -0.1) is 11.3 Å². The van der Waals surface area contributed by atoms with Gasteiger partial charge in [-0.05, 0) is 66.2 Å². The van der Waals surface area contributed by atoms with Crippen LogP contribution in [-0.4, -0.2) is 39.4 Å². The molecule has 12 heteroatoms. The lowest BCUT2D eigenvalue weighted by Crippen LogP contribution is -2.43. The van der Waals surface area contributed by atoms with E-state index >= 15 is 0 Å². The third-order valence-electron chi connectivity index (χ3n) is 6.02. The summed E-state index contributed by atoms with van der Waals surface area (Å²) in [4.78, 5) is 41.1. The molecule has 1 aromatic heterocycles. The minimum Gasteiger partial charge on any atom is -0.372 e. The molecule has 2 aliphatic rings. The first-order valence-electron chi connectivity index (χ1n) is 11.1. The summed E-state index contributed by atoms with van der Waals surface area (Å²) in [5.74, 6) is -2.12. The van der Waals surface area contributed by atoms with Gasteiger partial charge >= 0.3 is 6.03 Å². The van der Waals surface area contributed by atoms with Crippen LogP contribution in [0.2, 0.25) is 0 Å². The SMILES string of the molecule is O=C(Nc1ccc(N2C(=O)Cc3cc(N4CCCC4)ccc3C2=O)c(F)c1)NS(=O)(=O)c1cccs1. The van der Waals surface area contributed by atoms with E-state index in [1.807, 2.05) is 16.9 Å². The fourth-order valence-corrected chi connectivity index (χ4v) is 6.24. The van der Waals surface area contributed by atoms with Crippen molar-refractivity contribution in [3.05, 3.63) is 70.9 Å². The van der Waals surface area contributed by atoms with Crippen molar-refractivity contribution in [3.63, 3.8) is 0 Å². The molecular weight excluding hydrogens is 507 g/mol.